The maximum atomic E-state index is 6.11. The van der Waals surface area contributed by atoms with Crippen molar-refractivity contribution in [2.75, 3.05) is 19.8 Å². The van der Waals surface area contributed by atoms with Crippen LogP contribution < -0.4 is 5.73 Å². The van der Waals surface area contributed by atoms with Crippen LogP contribution in [0.25, 0.3) is 11.0 Å². The van der Waals surface area contributed by atoms with Crippen LogP contribution >= 0.6 is 15.9 Å². The van der Waals surface area contributed by atoms with Crippen LogP contribution in [-0.2, 0) is 6.54 Å². The molecule has 1 aliphatic carbocycles. The summed E-state index contributed by atoms with van der Waals surface area (Å²) in [6.45, 7) is 0.921. The van der Waals surface area contributed by atoms with Gasteiger partial charge >= 0.3 is 0 Å². The SMILES string of the molecule is CN(C)C1(Cn2c(N)nc3cc(Br)ccc32)CCC1. The van der Waals surface area contributed by atoms with E-state index in [0.29, 0.717) is 5.95 Å². The summed E-state index contributed by atoms with van der Waals surface area (Å²) in [6, 6.07) is 6.15. The number of nitrogen functional groups attached to an aromatic ring is 1. The van der Waals surface area contributed by atoms with Gasteiger partial charge in [-0.3, -0.25) is 0 Å². The number of hydrogen-bond donors (Lipinski definition) is 1. The molecule has 2 N–H and O–H groups in total. The first-order valence-corrected chi connectivity index (χ1v) is 7.40. The molecule has 2 aromatic rings. The van der Waals surface area contributed by atoms with Crippen LogP contribution in [0.3, 0.4) is 0 Å². The summed E-state index contributed by atoms with van der Waals surface area (Å²) < 4.78 is 3.19. The molecule has 0 amide bonds. The number of likely N-dealkylation sites (N-methyl/N-ethyl adjacent to an activating group) is 1. The number of anilines is 1. The molecule has 1 fully saturated rings. The molecule has 0 atom stereocenters. The van der Waals surface area contributed by atoms with E-state index in [9.17, 15) is 0 Å². The van der Waals surface area contributed by atoms with Gasteiger partial charge in [0.1, 0.15) is 0 Å². The van der Waals surface area contributed by atoms with Crippen molar-refractivity contribution in [1.82, 2.24) is 14.5 Å². The fraction of sp³-hybridized carbons (Fsp3) is 0.500. The molecule has 102 valence electrons. The van der Waals surface area contributed by atoms with E-state index in [2.05, 4.69) is 50.5 Å². The van der Waals surface area contributed by atoms with Crippen molar-refractivity contribution in [3.63, 3.8) is 0 Å². The Bertz CT molecular complexity index is 613. The van der Waals surface area contributed by atoms with Gasteiger partial charge in [-0.1, -0.05) is 15.9 Å². The number of aromatic nitrogens is 2. The number of nitrogens with two attached hydrogens (primary N) is 1. The van der Waals surface area contributed by atoms with Gasteiger partial charge in [0.05, 0.1) is 11.0 Å². The fourth-order valence-corrected chi connectivity index (χ4v) is 3.26. The standard InChI is InChI=1S/C14H19BrN4/c1-18(2)14(6-3-7-14)9-19-12-5-4-10(15)8-11(12)17-13(19)16/h4-5,8H,3,6-7,9H2,1-2H3,(H2,16,17). The molecule has 1 saturated carbocycles. The van der Waals surface area contributed by atoms with Gasteiger partial charge in [0, 0.05) is 16.6 Å². The molecule has 0 unspecified atom stereocenters. The number of halogens is 1. The van der Waals surface area contributed by atoms with Crippen LogP contribution in [0.15, 0.2) is 22.7 Å². The van der Waals surface area contributed by atoms with Gasteiger partial charge in [0.2, 0.25) is 5.95 Å². The Morgan fingerprint density at radius 1 is 1.42 bits per heavy atom. The van der Waals surface area contributed by atoms with Crippen LogP contribution in [-0.4, -0.2) is 34.1 Å². The maximum Gasteiger partial charge on any atom is 0.201 e. The molecule has 4 nitrogen and oxygen atoms in total. The summed E-state index contributed by atoms with van der Waals surface area (Å²) >= 11 is 3.48. The van der Waals surface area contributed by atoms with E-state index in [1.165, 1.54) is 19.3 Å². The zero-order valence-electron chi connectivity index (χ0n) is 11.4. The third-order valence-electron chi connectivity index (χ3n) is 4.43. The van der Waals surface area contributed by atoms with E-state index in [0.717, 1.165) is 22.1 Å². The summed E-state index contributed by atoms with van der Waals surface area (Å²) in [5, 5.41) is 0. The fourth-order valence-electron chi connectivity index (χ4n) is 2.91. The molecule has 0 saturated heterocycles. The molecule has 1 heterocycles. The highest BCUT2D eigenvalue weighted by Crippen LogP contribution is 2.39. The molecule has 5 heteroatoms. The van der Waals surface area contributed by atoms with E-state index in [1.54, 1.807) is 0 Å². The summed E-state index contributed by atoms with van der Waals surface area (Å²) in [6.07, 6.45) is 3.77. The lowest BCUT2D eigenvalue weighted by Crippen LogP contribution is -2.53. The first-order valence-electron chi connectivity index (χ1n) is 6.61. The minimum absolute atomic E-state index is 0.245. The second-order valence-corrected chi connectivity index (χ2v) is 6.58. The lowest BCUT2D eigenvalue weighted by Gasteiger charge is -2.47. The smallest absolute Gasteiger partial charge is 0.201 e. The van der Waals surface area contributed by atoms with Crippen LogP contribution in [0.4, 0.5) is 5.95 Å². The Labute approximate surface area is 121 Å². The zero-order valence-corrected chi connectivity index (χ0v) is 12.9. The second kappa shape index (κ2) is 4.49. The molecule has 3 rings (SSSR count). The van der Waals surface area contributed by atoms with E-state index in [4.69, 9.17) is 5.73 Å². The van der Waals surface area contributed by atoms with Gasteiger partial charge in [-0.2, -0.15) is 0 Å². The van der Waals surface area contributed by atoms with Gasteiger partial charge in [0.25, 0.3) is 0 Å². The Kier molecular flexibility index (Phi) is 3.06. The number of benzene rings is 1. The van der Waals surface area contributed by atoms with Crippen molar-refractivity contribution in [2.24, 2.45) is 0 Å². The molecule has 0 spiro atoms. The van der Waals surface area contributed by atoms with Crippen molar-refractivity contribution in [1.29, 1.82) is 0 Å². The van der Waals surface area contributed by atoms with Gasteiger partial charge in [-0.05, 0) is 51.6 Å². The van der Waals surface area contributed by atoms with Crippen LogP contribution in [0.1, 0.15) is 19.3 Å². The number of nitrogens with zero attached hydrogens (tertiary/aromatic N) is 3. The molecule has 1 aromatic carbocycles. The number of hydrogen-bond acceptors (Lipinski definition) is 3. The van der Waals surface area contributed by atoms with Crippen molar-refractivity contribution in [3.8, 4) is 0 Å². The largest absolute Gasteiger partial charge is 0.369 e. The Balaban J connectivity index is 2.03. The molecular weight excluding hydrogens is 304 g/mol. The topological polar surface area (TPSA) is 47.1 Å². The highest BCUT2D eigenvalue weighted by atomic mass is 79.9. The normalized spacial score (nSPS) is 17.9. The molecule has 0 aliphatic heterocycles. The quantitative estimate of drug-likeness (QED) is 0.945. The van der Waals surface area contributed by atoms with Gasteiger partial charge in [-0.15, -0.1) is 0 Å². The zero-order chi connectivity index (χ0) is 13.6. The molecule has 1 aromatic heterocycles. The Morgan fingerprint density at radius 2 is 2.16 bits per heavy atom. The average Bonchev–Trinajstić information content (AvgIpc) is 2.58. The minimum Gasteiger partial charge on any atom is -0.369 e. The molecule has 0 radical (unpaired) electrons. The van der Waals surface area contributed by atoms with E-state index >= 15 is 0 Å². The predicted molar refractivity (Wildman–Crippen MR) is 82.1 cm³/mol. The monoisotopic (exact) mass is 322 g/mol. The average molecular weight is 323 g/mol. The third kappa shape index (κ3) is 2.05. The molecular formula is C14H19BrN4. The number of fused-ring (bicyclic) bond motifs is 1. The van der Waals surface area contributed by atoms with Gasteiger partial charge < -0.3 is 15.2 Å². The predicted octanol–water partition coefficient (Wildman–Crippen LogP) is 2.87. The lowest BCUT2D eigenvalue weighted by atomic mass is 9.75. The molecule has 1 aliphatic rings. The van der Waals surface area contributed by atoms with Crippen molar-refractivity contribution in [2.45, 2.75) is 31.3 Å². The number of imidazole rings is 1. The second-order valence-electron chi connectivity index (χ2n) is 5.66. The van der Waals surface area contributed by atoms with Crippen LogP contribution in [0, 0.1) is 0 Å². The maximum absolute atomic E-state index is 6.11. The highest BCUT2D eigenvalue weighted by molar-refractivity contribution is 9.10. The Morgan fingerprint density at radius 3 is 2.74 bits per heavy atom. The Hall–Kier alpha value is -1.07. The molecule has 0 bridgehead atoms. The summed E-state index contributed by atoms with van der Waals surface area (Å²) in [7, 11) is 4.32. The van der Waals surface area contributed by atoms with Crippen LogP contribution in [0.2, 0.25) is 0 Å². The van der Waals surface area contributed by atoms with Gasteiger partial charge in [0.15, 0.2) is 0 Å². The minimum atomic E-state index is 0.245. The lowest BCUT2D eigenvalue weighted by molar-refractivity contribution is 0.0440. The first kappa shape index (κ1) is 12.9. The van der Waals surface area contributed by atoms with Crippen molar-refractivity contribution in [3.05, 3.63) is 22.7 Å². The van der Waals surface area contributed by atoms with E-state index in [-0.39, 0.29) is 5.54 Å². The summed E-state index contributed by atoms with van der Waals surface area (Å²) in [4.78, 5) is 6.80. The van der Waals surface area contributed by atoms with Crippen LogP contribution in [0.5, 0.6) is 0 Å². The molecule has 19 heavy (non-hydrogen) atoms. The van der Waals surface area contributed by atoms with Crippen molar-refractivity contribution >= 4 is 32.9 Å². The van der Waals surface area contributed by atoms with Gasteiger partial charge in [-0.25, -0.2) is 4.98 Å². The van der Waals surface area contributed by atoms with E-state index < -0.39 is 0 Å². The third-order valence-corrected chi connectivity index (χ3v) is 4.92. The highest BCUT2D eigenvalue weighted by Gasteiger charge is 2.40. The van der Waals surface area contributed by atoms with E-state index in [1.807, 2.05) is 12.1 Å². The summed E-state index contributed by atoms with van der Waals surface area (Å²) in [5.74, 6) is 0.612. The summed E-state index contributed by atoms with van der Waals surface area (Å²) in [5.41, 5.74) is 8.43. The van der Waals surface area contributed by atoms with Crippen molar-refractivity contribution < 1.29 is 0 Å². The first-order chi connectivity index (χ1) is 9.02. The number of rotatable bonds is 3.